The van der Waals surface area contributed by atoms with Crippen LogP contribution in [0.2, 0.25) is 0 Å². The molecule has 2 N–H and O–H groups in total. The van der Waals surface area contributed by atoms with Crippen LogP contribution in [0.4, 0.5) is 0 Å². The third-order valence-corrected chi connectivity index (χ3v) is 5.41. The Morgan fingerprint density at radius 1 is 1.30 bits per heavy atom. The molecular weight excluding hydrogens is 282 g/mol. The topological polar surface area (TPSA) is 94.9 Å². The summed E-state index contributed by atoms with van der Waals surface area (Å²) in [5.41, 5.74) is -0.898. The quantitative estimate of drug-likeness (QED) is 0.865. The number of sulfonamides is 1. The van der Waals surface area contributed by atoms with E-state index in [2.05, 4.69) is 0 Å². The van der Waals surface area contributed by atoms with E-state index in [9.17, 15) is 18.3 Å². The normalized spacial score (nSPS) is 19.7. The van der Waals surface area contributed by atoms with E-state index in [1.165, 1.54) is 22.5 Å². The highest BCUT2D eigenvalue weighted by Crippen LogP contribution is 2.26. The van der Waals surface area contributed by atoms with Gasteiger partial charge in [0, 0.05) is 13.1 Å². The second kappa shape index (κ2) is 5.16. The van der Waals surface area contributed by atoms with Crippen LogP contribution in [0.15, 0.2) is 29.2 Å². The molecule has 1 aromatic rings. The lowest BCUT2D eigenvalue weighted by atomic mass is 9.95. The van der Waals surface area contributed by atoms with Gasteiger partial charge in [-0.15, -0.1) is 0 Å². The Morgan fingerprint density at radius 2 is 1.90 bits per heavy atom. The Morgan fingerprint density at radius 3 is 2.45 bits per heavy atom. The lowest BCUT2D eigenvalue weighted by Gasteiger charge is -2.34. The van der Waals surface area contributed by atoms with Crippen LogP contribution >= 0.6 is 0 Å². The van der Waals surface area contributed by atoms with Crippen molar-refractivity contribution in [3.8, 4) is 0 Å². The Balaban J connectivity index is 2.27. The van der Waals surface area contributed by atoms with Gasteiger partial charge in [-0.1, -0.05) is 6.07 Å². The molecule has 6 nitrogen and oxygen atoms in total. The molecule has 0 aromatic heterocycles. The maximum absolute atomic E-state index is 12.4. The standard InChI is InChI=1S/C13H17NO5S/c1-13(17)5-7-14(8-6-13)20(18,19)11-4-2-3-10(9-11)12(15)16/h2-4,9,17H,5-8H2,1H3,(H,15,16). The van der Waals surface area contributed by atoms with Crippen molar-refractivity contribution in [1.29, 1.82) is 0 Å². The molecule has 1 aliphatic heterocycles. The summed E-state index contributed by atoms with van der Waals surface area (Å²) in [7, 11) is -3.71. The number of piperidine rings is 1. The molecule has 0 radical (unpaired) electrons. The van der Waals surface area contributed by atoms with Gasteiger partial charge in [-0.2, -0.15) is 4.31 Å². The molecule has 1 fully saturated rings. The maximum Gasteiger partial charge on any atom is 0.335 e. The Hall–Kier alpha value is -1.44. The minimum Gasteiger partial charge on any atom is -0.478 e. The number of rotatable bonds is 3. The van der Waals surface area contributed by atoms with Gasteiger partial charge in [-0.25, -0.2) is 13.2 Å². The number of aliphatic hydroxyl groups is 1. The lowest BCUT2D eigenvalue weighted by Crippen LogP contribution is -2.45. The smallest absolute Gasteiger partial charge is 0.335 e. The first-order valence-corrected chi connectivity index (χ1v) is 7.72. The summed E-state index contributed by atoms with van der Waals surface area (Å²) in [6.07, 6.45) is 0.732. The molecule has 1 saturated heterocycles. The number of benzene rings is 1. The van der Waals surface area contributed by atoms with Gasteiger partial charge in [0.05, 0.1) is 16.1 Å². The summed E-state index contributed by atoms with van der Waals surface area (Å²) >= 11 is 0. The van der Waals surface area contributed by atoms with Crippen LogP contribution in [0.3, 0.4) is 0 Å². The number of carbonyl (C=O) groups is 1. The average molecular weight is 299 g/mol. The van der Waals surface area contributed by atoms with Crippen molar-refractivity contribution in [2.75, 3.05) is 13.1 Å². The van der Waals surface area contributed by atoms with Crippen LogP contribution in [0.1, 0.15) is 30.1 Å². The maximum atomic E-state index is 12.4. The third-order valence-electron chi connectivity index (χ3n) is 3.52. The van der Waals surface area contributed by atoms with Crippen molar-refractivity contribution in [2.45, 2.75) is 30.3 Å². The van der Waals surface area contributed by atoms with Crippen molar-refractivity contribution >= 4 is 16.0 Å². The fourth-order valence-electron chi connectivity index (χ4n) is 2.15. The lowest BCUT2D eigenvalue weighted by molar-refractivity contribution is 0.0126. The second-order valence-electron chi connectivity index (χ2n) is 5.23. The molecule has 0 bridgehead atoms. The van der Waals surface area contributed by atoms with Crippen molar-refractivity contribution in [3.63, 3.8) is 0 Å². The molecule has 1 aliphatic rings. The van der Waals surface area contributed by atoms with Crippen LogP contribution in [0.5, 0.6) is 0 Å². The molecule has 1 aromatic carbocycles. The van der Waals surface area contributed by atoms with E-state index in [0.717, 1.165) is 6.07 Å². The van der Waals surface area contributed by atoms with Gasteiger partial charge >= 0.3 is 5.97 Å². The summed E-state index contributed by atoms with van der Waals surface area (Å²) in [6.45, 7) is 2.14. The SMILES string of the molecule is CC1(O)CCN(S(=O)(=O)c2cccc(C(=O)O)c2)CC1. The predicted octanol–water partition coefficient (Wildman–Crippen LogP) is 0.920. The monoisotopic (exact) mass is 299 g/mol. The molecule has 2 rings (SSSR count). The van der Waals surface area contributed by atoms with E-state index < -0.39 is 21.6 Å². The van der Waals surface area contributed by atoms with Crippen LogP contribution in [0, 0.1) is 0 Å². The molecule has 0 unspecified atom stereocenters. The summed E-state index contributed by atoms with van der Waals surface area (Å²) < 4.78 is 26.1. The first-order chi connectivity index (χ1) is 9.22. The highest BCUT2D eigenvalue weighted by molar-refractivity contribution is 7.89. The molecule has 0 aliphatic carbocycles. The number of hydrogen-bond donors (Lipinski definition) is 2. The van der Waals surface area contributed by atoms with E-state index in [1.807, 2.05) is 0 Å². The van der Waals surface area contributed by atoms with Gasteiger partial charge in [0.2, 0.25) is 10.0 Å². The van der Waals surface area contributed by atoms with E-state index >= 15 is 0 Å². The highest BCUT2D eigenvalue weighted by atomic mass is 32.2. The van der Waals surface area contributed by atoms with E-state index in [-0.39, 0.29) is 23.5 Å². The Labute approximate surface area is 117 Å². The van der Waals surface area contributed by atoms with Crippen molar-refractivity contribution in [2.24, 2.45) is 0 Å². The van der Waals surface area contributed by atoms with Gasteiger partial charge in [0.15, 0.2) is 0 Å². The van der Waals surface area contributed by atoms with Crippen molar-refractivity contribution in [3.05, 3.63) is 29.8 Å². The van der Waals surface area contributed by atoms with Crippen LogP contribution in [-0.4, -0.2) is 47.6 Å². The first-order valence-electron chi connectivity index (χ1n) is 6.28. The molecule has 0 saturated carbocycles. The van der Waals surface area contributed by atoms with Crippen LogP contribution < -0.4 is 0 Å². The number of carboxylic acids is 1. The summed E-state index contributed by atoms with van der Waals surface area (Å²) in [5, 5.41) is 18.8. The first kappa shape index (κ1) is 15.0. The van der Waals surface area contributed by atoms with Gasteiger partial charge in [0.1, 0.15) is 0 Å². The molecule has 1 heterocycles. The van der Waals surface area contributed by atoms with E-state index in [0.29, 0.717) is 12.8 Å². The van der Waals surface area contributed by atoms with Crippen molar-refractivity contribution < 1.29 is 23.4 Å². The molecule has 0 spiro atoms. The number of carboxylic acid groups (broad SMARTS) is 1. The van der Waals surface area contributed by atoms with Gasteiger partial charge in [-0.05, 0) is 38.0 Å². The van der Waals surface area contributed by atoms with Gasteiger partial charge in [-0.3, -0.25) is 0 Å². The molecule has 110 valence electrons. The number of hydrogen-bond acceptors (Lipinski definition) is 4. The number of aromatic carboxylic acids is 1. The zero-order valence-corrected chi connectivity index (χ0v) is 11.9. The summed E-state index contributed by atoms with van der Waals surface area (Å²) in [4.78, 5) is 10.9. The molecule has 0 amide bonds. The van der Waals surface area contributed by atoms with E-state index in [1.54, 1.807) is 6.92 Å². The zero-order chi connectivity index (χ0) is 15.0. The number of nitrogens with zero attached hydrogens (tertiary/aromatic N) is 1. The fraction of sp³-hybridized carbons (Fsp3) is 0.462. The molecule has 7 heteroatoms. The Kier molecular flexibility index (Phi) is 3.86. The van der Waals surface area contributed by atoms with Gasteiger partial charge in [0.25, 0.3) is 0 Å². The predicted molar refractivity (Wildman–Crippen MR) is 72.0 cm³/mol. The minimum absolute atomic E-state index is 0.0288. The van der Waals surface area contributed by atoms with Gasteiger partial charge < -0.3 is 10.2 Å². The largest absolute Gasteiger partial charge is 0.478 e. The van der Waals surface area contributed by atoms with E-state index in [4.69, 9.17) is 5.11 Å². The second-order valence-corrected chi connectivity index (χ2v) is 7.17. The molecule has 20 heavy (non-hydrogen) atoms. The van der Waals surface area contributed by atoms with Crippen LogP contribution in [-0.2, 0) is 10.0 Å². The summed E-state index contributed by atoms with van der Waals surface area (Å²) in [5.74, 6) is -1.16. The molecular formula is C13H17NO5S. The summed E-state index contributed by atoms with van der Waals surface area (Å²) in [6, 6.07) is 5.30. The highest BCUT2D eigenvalue weighted by Gasteiger charge is 2.34. The van der Waals surface area contributed by atoms with Crippen molar-refractivity contribution in [1.82, 2.24) is 4.31 Å². The fourth-order valence-corrected chi connectivity index (χ4v) is 3.63. The average Bonchev–Trinajstić information content (AvgIpc) is 2.38. The zero-order valence-electron chi connectivity index (χ0n) is 11.1. The van der Waals surface area contributed by atoms with Crippen LogP contribution in [0.25, 0.3) is 0 Å². The minimum atomic E-state index is -3.71. The molecule has 0 atom stereocenters. The Bertz CT molecular complexity index is 613. The third kappa shape index (κ3) is 3.00.